The summed E-state index contributed by atoms with van der Waals surface area (Å²) in [6.07, 6.45) is 33.2. The summed E-state index contributed by atoms with van der Waals surface area (Å²) >= 11 is 0. The van der Waals surface area contributed by atoms with E-state index in [0.29, 0.717) is 0 Å². The van der Waals surface area contributed by atoms with Crippen LogP contribution in [0.4, 0.5) is 4.79 Å². The SMILES string of the molecule is CCCCCCCCCCCCCC[N+](CC)(CC)CCCCCCCCCCCCCC.O=C(O)O. The van der Waals surface area contributed by atoms with Gasteiger partial charge in [-0.2, -0.15) is 0 Å². The number of hydrogen-bond acceptors (Lipinski definition) is 1. The Morgan fingerprint density at radius 3 is 0.784 bits per heavy atom. The lowest BCUT2D eigenvalue weighted by molar-refractivity contribution is -0.925. The van der Waals surface area contributed by atoms with E-state index in [9.17, 15) is 0 Å². The third-order valence-electron chi connectivity index (χ3n) is 8.31. The van der Waals surface area contributed by atoms with Gasteiger partial charge in [0.2, 0.25) is 0 Å². The van der Waals surface area contributed by atoms with Crippen LogP contribution in [-0.4, -0.2) is 47.0 Å². The molecular formula is C33H70NO3+. The summed E-state index contributed by atoms with van der Waals surface area (Å²) in [7, 11) is 0. The van der Waals surface area contributed by atoms with Gasteiger partial charge in [-0.15, -0.1) is 0 Å². The zero-order valence-electron chi connectivity index (χ0n) is 26.0. The van der Waals surface area contributed by atoms with E-state index in [1.807, 2.05) is 0 Å². The fraction of sp³-hybridized carbons (Fsp3) is 0.970. The van der Waals surface area contributed by atoms with Crippen molar-refractivity contribution in [3.05, 3.63) is 0 Å². The zero-order valence-corrected chi connectivity index (χ0v) is 26.0. The van der Waals surface area contributed by atoms with Crippen molar-refractivity contribution in [1.82, 2.24) is 0 Å². The van der Waals surface area contributed by atoms with Crippen molar-refractivity contribution >= 4 is 6.16 Å². The number of quaternary nitrogens is 1. The minimum absolute atomic E-state index is 1.34. The number of rotatable bonds is 28. The molecule has 0 aromatic rings. The van der Waals surface area contributed by atoms with Crippen LogP contribution in [0.5, 0.6) is 0 Å². The highest BCUT2D eigenvalue weighted by Crippen LogP contribution is 2.17. The number of nitrogens with zero attached hydrogens (tertiary/aromatic N) is 1. The molecule has 0 bridgehead atoms. The van der Waals surface area contributed by atoms with Crippen LogP contribution in [0.1, 0.15) is 182 Å². The van der Waals surface area contributed by atoms with E-state index >= 15 is 0 Å². The van der Waals surface area contributed by atoms with E-state index < -0.39 is 6.16 Å². The van der Waals surface area contributed by atoms with Crippen molar-refractivity contribution in [1.29, 1.82) is 0 Å². The van der Waals surface area contributed by atoms with Crippen LogP contribution in [0, 0.1) is 0 Å². The van der Waals surface area contributed by atoms with Crippen LogP contribution in [0.3, 0.4) is 0 Å². The van der Waals surface area contributed by atoms with Gasteiger partial charge in [-0.25, -0.2) is 4.79 Å². The van der Waals surface area contributed by atoms with E-state index in [1.165, 1.54) is 185 Å². The maximum Gasteiger partial charge on any atom is 0.503 e. The Morgan fingerprint density at radius 1 is 0.405 bits per heavy atom. The average Bonchev–Trinajstić information content (AvgIpc) is 2.88. The van der Waals surface area contributed by atoms with Gasteiger partial charge in [0.05, 0.1) is 26.2 Å². The second kappa shape index (κ2) is 31.4. The Kier molecular flexibility index (Phi) is 32.6. The monoisotopic (exact) mass is 529 g/mol. The van der Waals surface area contributed by atoms with Crippen LogP contribution in [0.2, 0.25) is 0 Å². The fourth-order valence-electron chi connectivity index (χ4n) is 5.54. The summed E-state index contributed by atoms with van der Waals surface area (Å²) in [6.45, 7) is 15.0. The molecule has 0 rings (SSSR count). The molecule has 0 radical (unpaired) electrons. The minimum Gasteiger partial charge on any atom is -0.450 e. The summed E-state index contributed by atoms with van der Waals surface area (Å²) in [5.74, 6) is 0. The van der Waals surface area contributed by atoms with Gasteiger partial charge in [-0.1, -0.05) is 142 Å². The molecule has 0 fully saturated rings. The molecule has 37 heavy (non-hydrogen) atoms. The van der Waals surface area contributed by atoms with Gasteiger partial charge in [-0.05, 0) is 39.5 Å². The first-order chi connectivity index (χ1) is 18.0. The van der Waals surface area contributed by atoms with E-state index in [0.717, 1.165) is 0 Å². The van der Waals surface area contributed by atoms with Gasteiger partial charge in [-0.3, -0.25) is 0 Å². The third-order valence-corrected chi connectivity index (χ3v) is 8.31. The van der Waals surface area contributed by atoms with Gasteiger partial charge in [0, 0.05) is 0 Å². The topological polar surface area (TPSA) is 57.5 Å². The van der Waals surface area contributed by atoms with Crippen LogP contribution < -0.4 is 0 Å². The number of carbonyl (C=O) groups is 1. The largest absolute Gasteiger partial charge is 0.503 e. The van der Waals surface area contributed by atoms with Crippen LogP contribution in [0.15, 0.2) is 0 Å². The van der Waals surface area contributed by atoms with Crippen LogP contribution in [0.25, 0.3) is 0 Å². The first-order valence-corrected chi connectivity index (χ1v) is 16.7. The number of unbranched alkanes of at least 4 members (excludes halogenated alkanes) is 22. The Balaban J connectivity index is 0. The number of hydrogen-bond donors (Lipinski definition) is 2. The molecule has 0 aliphatic rings. The van der Waals surface area contributed by atoms with Crippen LogP contribution >= 0.6 is 0 Å². The second-order valence-electron chi connectivity index (χ2n) is 11.5. The van der Waals surface area contributed by atoms with Crippen LogP contribution in [-0.2, 0) is 0 Å². The van der Waals surface area contributed by atoms with Gasteiger partial charge < -0.3 is 14.7 Å². The molecule has 0 atom stereocenters. The highest BCUT2D eigenvalue weighted by Gasteiger charge is 2.21. The highest BCUT2D eigenvalue weighted by atomic mass is 16.6. The van der Waals surface area contributed by atoms with Crippen molar-refractivity contribution in [2.75, 3.05) is 26.2 Å². The maximum absolute atomic E-state index is 8.56. The Labute approximate surface area is 233 Å². The molecule has 4 heteroatoms. The molecule has 0 aromatic heterocycles. The Hall–Kier alpha value is -0.770. The molecule has 224 valence electrons. The van der Waals surface area contributed by atoms with Gasteiger partial charge >= 0.3 is 6.16 Å². The molecule has 0 aromatic carbocycles. The lowest BCUT2D eigenvalue weighted by Gasteiger charge is -2.37. The molecule has 0 saturated carbocycles. The first-order valence-electron chi connectivity index (χ1n) is 16.7. The lowest BCUT2D eigenvalue weighted by Crippen LogP contribution is -2.49. The zero-order chi connectivity index (χ0) is 27.9. The Morgan fingerprint density at radius 2 is 0.595 bits per heavy atom. The van der Waals surface area contributed by atoms with Crippen molar-refractivity contribution in [2.24, 2.45) is 0 Å². The molecule has 0 aliphatic heterocycles. The van der Waals surface area contributed by atoms with Gasteiger partial charge in [0.15, 0.2) is 0 Å². The predicted octanol–water partition coefficient (Wildman–Crippen LogP) is 11.5. The Bertz CT molecular complexity index is 403. The van der Waals surface area contributed by atoms with E-state index in [-0.39, 0.29) is 0 Å². The first kappa shape index (κ1) is 38.4. The maximum atomic E-state index is 8.56. The summed E-state index contributed by atoms with van der Waals surface area (Å²) in [4.78, 5) is 8.56. The van der Waals surface area contributed by atoms with Crippen molar-refractivity contribution < 1.29 is 19.5 Å². The molecule has 4 nitrogen and oxygen atoms in total. The van der Waals surface area contributed by atoms with E-state index in [4.69, 9.17) is 15.0 Å². The van der Waals surface area contributed by atoms with Gasteiger partial charge in [0.1, 0.15) is 0 Å². The molecule has 0 unspecified atom stereocenters. The third kappa shape index (κ3) is 31.3. The lowest BCUT2D eigenvalue weighted by atomic mass is 10.0. The molecular weight excluding hydrogens is 458 g/mol. The molecule has 2 N–H and O–H groups in total. The average molecular weight is 529 g/mol. The molecule has 0 amide bonds. The highest BCUT2D eigenvalue weighted by molar-refractivity contribution is 5.53. The molecule has 0 saturated heterocycles. The van der Waals surface area contributed by atoms with E-state index in [2.05, 4.69) is 27.7 Å². The van der Waals surface area contributed by atoms with Crippen molar-refractivity contribution in [3.8, 4) is 0 Å². The smallest absolute Gasteiger partial charge is 0.450 e. The molecule has 0 aliphatic carbocycles. The van der Waals surface area contributed by atoms with E-state index in [1.54, 1.807) is 0 Å². The standard InChI is InChI=1S/C32H68N.CH2O3/c1-5-9-11-13-15-17-19-21-23-25-27-29-31-33(7-3,8-4)32-30-28-26-24-22-20-18-16-14-12-10-6-2;2-1(3)4/h5-32H2,1-4H3;(H2,2,3,4)/q+1;. The molecule has 0 heterocycles. The van der Waals surface area contributed by atoms with Crippen molar-refractivity contribution in [2.45, 2.75) is 182 Å². The summed E-state index contributed by atoms with van der Waals surface area (Å²) in [5.41, 5.74) is 0. The summed E-state index contributed by atoms with van der Waals surface area (Å²) < 4.78 is 1.38. The normalized spacial score (nSPS) is 11.4. The fourth-order valence-corrected chi connectivity index (χ4v) is 5.54. The number of carboxylic acid groups (broad SMARTS) is 2. The predicted molar refractivity (Wildman–Crippen MR) is 164 cm³/mol. The minimum atomic E-state index is -1.83. The summed E-state index contributed by atoms with van der Waals surface area (Å²) in [5, 5.41) is 13.9. The summed E-state index contributed by atoms with van der Waals surface area (Å²) in [6, 6.07) is 0. The van der Waals surface area contributed by atoms with Crippen molar-refractivity contribution in [3.63, 3.8) is 0 Å². The molecule has 0 spiro atoms. The van der Waals surface area contributed by atoms with Gasteiger partial charge in [0.25, 0.3) is 0 Å². The second-order valence-corrected chi connectivity index (χ2v) is 11.5. The quantitative estimate of drug-likeness (QED) is 0.0784.